The van der Waals surface area contributed by atoms with E-state index in [1.807, 2.05) is 0 Å². The third kappa shape index (κ3) is 3.99. The van der Waals surface area contributed by atoms with E-state index in [-0.39, 0.29) is 13.0 Å². The Hall–Kier alpha value is -2.06. The van der Waals surface area contributed by atoms with Crippen molar-refractivity contribution in [3.05, 3.63) is 46.0 Å². The second-order valence-corrected chi connectivity index (χ2v) is 4.88. The normalized spacial score (nSPS) is 22.8. The molecule has 1 aliphatic rings. The van der Waals surface area contributed by atoms with E-state index in [0.29, 0.717) is 18.4 Å². The van der Waals surface area contributed by atoms with Gasteiger partial charge in [0.2, 0.25) is 6.36 Å². The molecule has 22 heavy (non-hydrogen) atoms. The maximum absolute atomic E-state index is 13.8. The van der Waals surface area contributed by atoms with Gasteiger partial charge in [0.15, 0.2) is 0 Å². The fourth-order valence-corrected chi connectivity index (χ4v) is 2.14. The summed E-state index contributed by atoms with van der Waals surface area (Å²) in [5, 5.41) is 13.4. The van der Waals surface area contributed by atoms with Crippen molar-refractivity contribution in [2.24, 2.45) is 0 Å². The number of rotatable bonds is 6. The Bertz CT molecular complexity index is 519. The van der Waals surface area contributed by atoms with Crippen LogP contribution in [0.2, 0.25) is 0 Å². The highest BCUT2D eigenvalue weighted by Gasteiger charge is 2.49. The van der Waals surface area contributed by atoms with E-state index in [1.165, 1.54) is 0 Å². The van der Waals surface area contributed by atoms with Gasteiger partial charge >= 0.3 is 5.91 Å². The number of hydrogen-bond acceptors (Lipinski definition) is 5. The molecule has 1 aromatic carbocycles. The lowest BCUT2D eigenvalue weighted by atomic mass is 10.1. The first-order valence-corrected chi connectivity index (χ1v) is 6.97. The second kappa shape index (κ2) is 7.28. The zero-order valence-electron chi connectivity index (χ0n) is 11.9. The van der Waals surface area contributed by atoms with Gasteiger partial charge in [-0.3, -0.25) is 24.4 Å². The lowest BCUT2D eigenvalue weighted by molar-refractivity contribution is -0.704. The summed E-state index contributed by atoms with van der Waals surface area (Å²) in [6, 6.07) is 8.25. The number of nitro groups is 1. The van der Waals surface area contributed by atoms with Crippen LogP contribution in [0.5, 0.6) is 0 Å². The Balaban J connectivity index is 1.88. The second-order valence-electron chi connectivity index (χ2n) is 4.88. The lowest BCUT2D eigenvalue weighted by Crippen LogP contribution is -2.49. The van der Waals surface area contributed by atoms with Crippen LogP contribution in [0.4, 0.5) is 4.39 Å². The van der Waals surface area contributed by atoms with Crippen LogP contribution in [0.3, 0.4) is 0 Å². The maximum atomic E-state index is 13.8. The minimum atomic E-state index is -2.16. The van der Waals surface area contributed by atoms with Crippen LogP contribution in [0, 0.1) is 10.1 Å². The van der Waals surface area contributed by atoms with Gasteiger partial charge in [-0.25, -0.2) is 4.39 Å². The highest BCUT2D eigenvalue weighted by atomic mass is 19.1. The minimum Gasteiger partial charge on any atom is -0.347 e. The van der Waals surface area contributed by atoms with E-state index in [1.54, 1.807) is 30.3 Å². The quantitative estimate of drug-likeness (QED) is 0.492. The first kappa shape index (κ1) is 16.3. The third-order valence-corrected chi connectivity index (χ3v) is 3.26. The molecule has 0 aromatic heterocycles. The smallest absolute Gasteiger partial charge is 0.347 e. The molecule has 2 unspecified atom stereocenters. The van der Waals surface area contributed by atoms with Gasteiger partial charge in [0.1, 0.15) is 0 Å². The summed E-state index contributed by atoms with van der Waals surface area (Å²) in [6.07, 6.45) is -0.867. The van der Waals surface area contributed by atoms with Crippen molar-refractivity contribution >= 4 is 5.91 Å². The van der Waals surface area contributed by atoms with Gasteiger partial charge < -0.3 is 5.32 Å². The number of nitrogens with zero attached hydrogens (tertiary/aromatic N) is 1. The minimum absolute atomic E-state index is 0.0208. The number of amides is 1. The van der Waals surface area contributed by atoms with E-state index in [9.17, 15) is 19.3 Å². The molecule has 0 saturated carbocycles. The van der Waals surface area contributed by atoms with Gasteiger partial charge in [-0.1, -0.05) is 18.2 Å². The molecule has 120 valence electrons. The molecule has 1 aliphatic heterocycles. The van der Waals surface area contributed by atoms with Gasteiger partial charge in [0.25, 0.3) is 5.91 Å². The summed E-state index contributed by atoms with van der Waals surface area (Å²) in [7, 11) is 0. The van der Waals surface area contributed by atoms with Gasteiger partial charge in [-0.15, -0.1) is 0 Å². The highest BCUT2D eigenvalue weighted by molar-refractivity contribution is 5.94. The molecule has 0 aliphatic carbocycles. The number of ether oxygens (including phenoxy) is 2. The van der Waals surface area contributed by atoms with Crippen LogP contribution < -0.4 is 5.32 Å². The van der Waals surface area contributed by atoms with Crippen molar-refractivity contribution in [2.45, 2.75) is 31.5 Å². The third-order valence-electron chi connectivity index (χ3n) is 3.26. The molecule has 1 fully saturated rings. The SMILES string of the molecule is O=C(NCC(F)OC1([N+](=O)[O-])CCCCO1)c1ccccc1. The number of nitrogens with one attached hydrogen (secondary N) is 1. The zero-order valence-corrected chi connectivity index (χ0v) is 11.9. The van der Waals surface area contributed by atoms with Crippen molar-refractivity contribution in [1.82, 2.24) is 5.32 Å². The standard InChI is InChI=1S/C14H17FN2O5/c15-12(10-16-13(18)11-6-2-1-3-7-11)22-14(17(19)20)8-4-5-9-21-14/h1-3,6-7,12H,4-5,8-10H2,(H,16,18). The van der Waals surface area contributed by atoms with Gasteiger partial charge in [-0.05, 0) is 25.0 Å². The summed E-state index contributed by atoms with van der Waals surface area (Å²) in [4.78, 5) is 22.1. The van der Waals surface area contributed by atoms with Crippen LogP contribution in [0.1, 0.15) is 29.6 Å². The lowest BCUT2D eigenvalue weighted by Gasteiger charge is -2.29. The molecular weight excluding hydrogens is 295 g/mol. The molecule has 2 rings (SSSR count). The summed E-state index contributed by atoms with van der Waals surface area (Å²) >= 11 is 0. The van der Waals surface area contributed by atoms with Crippen LogP contribution in [-0.4, -0.2) is 36.3 Å². The monoisotopic (exact) mass is 312 g/mol. The molecule has 7 nitrogen and oxygen atoms in total. The largest absolute Gasteiger partial charge is 0.444 e. The Labute approximate surface area is 126 Å². The molecule has 8 heteroatoms. The number of hydrogen-bond donors (Lipinski definition) is 1. The van der Waals surface area contributed by atoms with Gasteiger partial charge in [0.05, 0.1) is 24.5 Å². The number of carbonyl (C=O) groups excluding carboxylic acids is 1. The molecule has 1 aromatic rings. The Morgan fingerprint density at radius 3 is 2.77 bits per heavy atom. The van der Waals surface area contributed by atoms with Crippen molar-refractivity contribution in [2.75, 3.05) is 13.2 Å². The highest BCUT2D eigenvalue weighted by Crippen LogP contribution is 2.28. The van der Waals surface area contributed by atoms with Crippen molar-refractivity contribution in [1.29, 1.82) is 0 Å². The summed E-state index contributed by atoms with van der Waals surface area (Å²) in [6.45, 7) is -0.350. The van der Waals surface area contributed by atoms with Gasteiger partial charge in [-0.2, -0.15) is 0 Å². The van der Waals surface area contributed by atoms with E-state index in [0.717, 1.165) is 0 Å². The Morgan fingerprint density at radius 2 is 2.18 bits per heavy atom. The molecule has 1 amide bonds. The number of halogens is 1. The van der Waals surface area contributed by atoms with E-state index >= 15 is 0 Å². The predicted octanol–water partition coefficient (Wildman–Crippen LogP) is 1.86. The fraction of sp³-hybridized carbons (Fsp3) is 0.500. The molecule has 0 radical (unpaired) electrons. The fourth-order valence-electron chi connectivity index (χ4n) is 2.14. The van der Waals surface area contributed by atoms with Crippen LogP contribution in [0.15, 0.2) is 30.3 Å². The average Bonchev–Trinajstić information content (AvgIpc) is 2.54. The summed E-state index contributed by atoms with van der Waals surface area (Å²) in [5.74, 6) is -2.64. The summed E-state index contributed by atoms with van der Waals surface area (Å²) in [5.41, 5.74) is 0.368. The molecule has 2 atom stereocenters. The first-order chi connectivity index (χ1) is 10.5. The predicted molar refractivity (Wildman–Crippen MR) is 74.3 cm³/mol. The topological polar surface area (TPSA) is 90.7 Å². The Morgan fingerprint density at radius 1 is 1.45 bits per heavy atom. The number of alkyl halides is 1. The molecule has 0 spiro atoms. The molecule has 1 heterocycles. The molecule has 1 N–H and O–H groups in total. The van der Waals surface area contributed by atoms with E-state index in [4.69, 9.17) is 9.47 Å². The van der Waals surface area contributed by atoms with Crippen molar-refractivity contribution in [3.8, 4) is 0 Å². The van der Waals surface area contributed by atoms with Crippen LogP contribution in [0.25, 0.3) is 0 Å². The maximum Gasteiger partial charge on any atom is 0.444 e. The Kier molecular flexibility index (Phi) is 5.40. The van der Waals surface area contributed by atoms with Crippen LogP contribution >= 0.6 is 0 Å². The number of benzene rings is 1. The molecule has 0 bridgehead atoms. The zero-order chi connectivity index (χ0) is 16.0. The van der Waals surface area contributed by atoms with Crippen LogP contribution in [-0.2, 0) is 9.47 Å². The van der Waals surface area contributed by atoms with Crippen molar-refractivity contribution < 1.29 is 23.6 Å². The first-order valence-electron chi connectivity index (χ1n) is 6.97. The number of carbonyl (C=O) groups is 1. The van der Waals surface area contributed by atoms with E-state index < -0.39 is 29.6 Å². The summed E-state index contributed by atoms with van der Waals surface area (Å²) < 4.78 is 23.7. The molecular formula is C14H17FN2O5. The van der Waals surface area contributed by atoms with Gasteiger partial charge in [0, 0.05) is 5.56 Å². The molecule has 1 saturated heterocycles. The average molecular weight is 312 g/mol. The van der Waals surface area contributed by atoms with Crippen molar-refractivity contribution in [3.63, 3.8) is 0 Å². The van der Waals surface area contributed by atoms with E-state index in [2.05, 4.69) is 5.32 Å².